The first kappa shape index (κ1) is 19.1. The summed E-state index contributed by atoms with van der Waals surface area (Å²) in [4.78, 5) is 6.78. The molecule has 6 heteroatoms. The number of fused-ring (bicyclic) bond motifs is 1. The molecule has 0 aromatic heterocycles. The smallest absolute Gasteiger partial charge is 0.193 e. The quantitative estimate of drug-likeness (QED) is 0.431. The van der Waals surface area contributed by atoms with E-state index in [-0.39, 0.29) is 24.0 Å². The van der Waals surface area contributed by atoms with Crippen LogP contribution in [0.4, 0.5) is 0 Å². The topological polar surface area (TPSA) is 46.1 Å². The Balaban J connectivity index is 0.00000208. The Kier molecular flexibility index (Phi) is 7.45. The molecule has 0 spiro atoms. The molecule has 1 aromatic carbocycles. The van der Waals surface area contributed by atoms with Gasteiger partial charge in [0.25, 0.3) is 0 Å². The third-order valence-electron chi connectivity index (χ3n) is 4.56. The molecule has 2 aliphatic rings. The molecule has 0 unspecified atom stereocenters. The molecule has 1 N–H and O–H groups in total. The highest BCUT2D eigenvalue weighted by Crippen LogP contribution is 2.30. The van der Waals surface area contributed by atoms with Crippen LogP contribution in [0.1, 0.15) is 31.7 Å². The number of hydrogen-bond acceptors (Lipinski definition) is 3. The predicted octanol–water partition coefficient (Wildman–Crippen LogP) is 3.27. The van der Waals surface area contributed by atoms with Gasteiger partial charge < -0.3 is 19.7 Å². The number of aliphatic imine (C=N–C) groups is 1. The molecule has 0 saturated carbocycles. The third-order valence-corrected chi connectivity index (χ3v) is 4.56. The van der Waals surface area contributed by atoms with Crippen molar-refractivity contribution in [2.45, 2.75) is 32.7 Å². The van der Waals surface area contributed by atoms with Crippen molar-refractivity contribution in [2.24, 2.45) is 10.9 Å². The lowest BCUT2D eigenvalue weighted by Gasteiger charge is -2.33. The van der Waals surface area contributed by atoms with Gasteiger partial charge in [0.15, 0.2) is 17.5 Å². The van der Waals surface area contributed by atoms with E-state index in [0.717, 1.165) is 62.6 Å². The Hall–Kier alpha value is -1.18. The van der Waals surface area contributed by atoms with Gasteiger partial charge in [-0.05, 0) is 36.5 Å². The van der Waals surface area contributed by atoms with Gasteiger partial charge in [-0.2, -0.15) is 0 Å². The van der Waals surface area contributed by atoms with Gasteiger partial charge >= 0.3 is 0 Å². The monoisotopic (exact) mass is 445 g/mol. The van der Waals surface area contributed by atoms with Crippen molar-refractivity contribution >= 4 is 29.9 Å². The molecule has 5 nitrogen and oxygen atoms in total. The number of hydrogen-bond donors (Lipinski definition) is 1. The second-order valence-electron chi connectivity index (χ2n) is 6.40. The molecule has 0 bridgehead atoms. The summed E-state index contributed by atoms with van der Waals surface area (Å²) in [6.45, 7) is 6.69. The van der Waals surface area contributed by atoms with Crippen molar-refractivity contribution in [3.8, 4) is 11.5 Å². The molecule has 134 valence electrons. The molecule has 1 saturated heterocycles. The number of likely N-dealkylation sites (tertiary alicyclic amines) is 1. The Morgan fingerprint density at radius 1 is 1.21 bits per heavy atom. The van der Waals surface area contributed by atoms with E-state index >= 15 is 0 Å². The van der Waals surface area contributed by atoms with Gasteiger partial charge in [0, 0.05) is 33.1 Å². The van der Waals surface area contributed by atoms with Crippen LogP contribution in [-0.4, -0.2) is 44.2 Å². The summed E-state index contributed by atoms with van der Waals surface area (Å²) in [5.74, 6) is 3.51. The second-order valence-corrected chi connectivity index (χ2v) is 6.40. The zero-order valence-electron chi connectivity index (χ0n) is 14.6. The highest BCUT2D eigenvalue weighted by Gasteiger charge is 2.18. The first-order chi connectivity index (χ1) is 11.3. The van der Waals surface area contributed by atoms with Gasteiger partial charge in [0.1, 0.15) is 0 Å². The van der Waals surface area contributed by atoms with Crippen LogP contribution in [0.2, 0.25) is 0 Å². The summed E-state index contributed by atoms with van der Waals surface area (Å²) in [5, 5.41) is 3.47. The molecular weight excluding hydrogens is 417 g/mol. The van der Waals surface area contributed by atoms with Crippen molar-refractivity contribution in [1.29, 1.82) is 0 Å². The first-order valence-corrected chi connectivity index (χ1v) is 8.60. The molecule has 0 aliphatic carbocycles. The predicted molar refractivity (Wildman–Crippen MR) is 108 cm³/mol. The van der Waals surface area contributed by atoms with Crippen molar-refractivity contribution in [3.63, 3.8) is 0 Å². The van der Waals surface area contributed by atoms with Gasteiger partial charge in [-0.3, -0.25) is 4.99 Å². The molecule has 0 radical (unpaired) electrons. The van der Waals surface area contributed by atoms with Crippen LogP contribution in [0, 0.1) is 5.92 Å². The minimum absolute atomic E-state index is 0. The first-order valence-electron chi connectivity index (χ1n) is 8.60. The van der Waals surface area contributed by atoms with Crippen LogP contribution in [0.3, 0.4) is 0 Å². The van der Waals surface area contributed by atoms with Gasteiger partial charge in [0.2, 0.25) is 0 Å². The summed E-state index contributed by atoms with van der Waals surface area (Å²) in [6, 6.07) is 6.16. The highest BCUT2D eigenvalue weighted by molar-refractivity contribution is 14.0. The molecule has 1 aromatic rings. The van der Waals surface area contributed by atoms with E-state index in [1.807, 2.05) is 13.1 Å². The van der Waals surface area contributed by atoms with Crippen molar-refractivity contribution in [2.75, 3.05) is 33.4 Å². The van der Waals surface area contributed by atoms with Gasteiger partial charge in [-0.1, -0.05) is 13.0 Å². The van der Waals surface area contributed by atoms with Crippen LogP contribution >= 0.6 is 24.0 Å². The van der Waals surface area contributed by atoms with E-state index in [0.29, 0.717) is 0 Å². The standard InChI is InChI=1S/C18H27N3O2.HI/c1-14-6-8-21(9-7-14)18(19-2)20-13-15-4-5-16-17(12-15)23-11-3-10-22-16;/h4-5,12,14H,3,6-11,13H2,1-2H3,(H,19,20);1H. The molecule has 0 atom stereocenters. The van der Waals surface area contributed by atoms with Crippen LogP contribution in [0.15, 0.2) is 23.2 Å². The molecule has 2 heterocycles. The van der Waals surface area contributed by atoms with E-state index in [2.05, 4.69) is 34.3 Å². The summed E-state index contributed by atoms with van der Waals surface area (Å²) < 4.78 is 11.4. The Morgan fingerprint density at radius 2 is 1.92 bits per heavy atom. The molecule has 3 rings (SSSR count). The number of rotatable bonds is 2. The fourth-order valence-electron chi connectivity index (χ4n) is 3.05. The number of benzene rings is 1. The Bertz CT molecular complexity index is 557. The van der Waals surface area contributed by atoms with E-state index in [1.165, 1.54) is 18.4 Å². The average Bonchev–Trinajstić information content (AvgIpc) is 2.82. The lowest BCUT2D eigenvalue weighted by molar-refractivity contribution is 0.273. The van der Waals surface area contributed by atoms with E-state index in [4.69, 9.17) is 9.47 Å². The number of nitrogens with zero attached hydrogens (tertiary/aromatic N) is 2. The molecular formula is C18H28IN3O2. The van der Waals surface area contributed by atoms with Crippen molar-refractivity contribution in [1.82, 2.24) is 10.2 Å². The maximum atomic E-state index is 5.76. The summed E-state index contributed by atoms with van der Waals surface area (Å²) >= 11 is 0. The van der Waals surface area contributed by atoms with Gasteiger partial charge in [-0.15, -0.1) is 24.0 Å². The lowest BCUT2D eigenvalue weighted by atomic mass is 9.99. The maximum Gasteiger partial charge on any atom is 0.193 e. The van der Waals surface area contributed by atoms with Gasteiger partial charge in [-0.25, -0.2) is 0 Å². The minimum Gasteiger partial charge on any atom is -0.490 e. The fourth-order valence-corrected chi connectivity index (χ4v) is 3.05. The van der Waals surface area contributed by atoms with E-state index in [1.54, 1.807) is 0 Å². The normalized spacial score (nSPS) is 18.6. The number of halogens is 1. The minimum atomic E-state index is 0. The number of piperidine rings is 1. The van der Waals surface area contributed by atoms with Crippen molar-refractivity contribution < 1.29 is 9.47 Å². The maximum absolute atomic E-state index is 5.76. The van der Waals surface area contributed by atoms with Crippen LogP contribution in [0.25, 0.3) is 0 Å². The van der Waals surface area contributed by atoms with E-state index in [9.17, 15) is 0 Å². The lowest BCUT2D eigenvalue weighted by Crippen LogP contribution is -2.45. The van der Waals surface area contributed by atoms with Crippen LogP contribution in [-0.2, 0) is 6.54 Å². The summed E-state index contributed by atoms with van der Waals surface area (Å²) in [5.41, 5.74) is 1.18. The fraction of sp³-hybridized carbons (Fsp3) is 0.611. The number of ether oxygens (including phenoxy) is 2. The van der Waals surface area contributed by atoms with Crippen LogP contribution < -0.4 is 14.8 Å². The summed E-state index contributed by atoms with van der Waals surface area (Å²) in [7, 11) is 1.86. The zero-order valence-corrected chi connectivity index (χ0v) is 16.9. The zero-order chi connectivity index (χ0) is 16.1. The number of guanidine groups is 1. The SMILES string of the molecule is CN=C(NCc1ccc2c(c1)OCCCO2)N1CCC(C)CC1.I. The third kappa shape index (κ3) is 4.91. The average molecular weight is 445 g/mol. The molecule has 1 fully saturated rings. The van der Waals surface area contributed by atoms with Crippen molar-refractivity contribution in [3.05, 3.63) is 23.8 Å². The van der Waals surface area contributed by atoms with Gasteiger partial charge in [0.05, 0.1) is 13.2 Å². The van der Waals surface area contributed by atoms with Crippen LogP contribution in [0.5, 0.6) is 11.5 Å². The molecule has 2 aliphatic heterocycles. The Morgan fingerprint density at radius 3 is 2.62 bits per heavy atom. The molecule has 24 heavy (non-hydrogen) atoms. The largest absolute Gasteiger partial charge is 0.490 e. The highest BCUT2D eigenvalue weighted by atomic mass is 127. The molecule has 0 amide bonds. The Labute approximate surface area is 161 Å². The second kappa shape index (κ2) is 9.34. The summed E-state index contributed by atoms with van der Waals surface area (Å²) in [6.07, 6.45) is 3.41. The van der Waals surface area contributed by atoms with E-state index < -0.39 is 0 Å². The number of nitrogens with one attached hydrogen (secondary N) is 1.